The van der Waals surface area contributed by atoms with E-state index >= 15 is 0 Å². The van der Waals surface area contributed by atoms with E-state index in [1.807, 2.05) is 0 Å². The number of hydrogen-bond donors (Lipinski definition) is 0. The van der Waals surface area contributed by atoms with E-state index in [2.05, 4.69) is 15.0 Å². The van der Waals surface area contributed by atoms with Crippen molar-refractivity contribution in [1.82, 2.24) is 4.98 Å². The number of carbonyl (C=O) groups is 2. The summed E-state index contributed by atoms with van der Waals surface area (Å²) in [5.74, 6) is -0.557. The normalized spacial score (nSPS) is 10.4. The van der Waals surface area contributed by atoms with Gasteiger partial charge < -0.3 is 9.47 Å². The first-order valence-corrected chi connectivity index (χ1v) is 6.16. The monoisotopic (exact) mass is 292 g/mol. The minimum Gasteiger partial charge on any atom is -0.480 e. The summed E-state index contributed by atoms with van der Waals surface area (Å²) in [7, 11) is 0. The van der Waals surface area contributed by atoms with Crippen molar-refractivity contribution in [2.24, 2.45) is 5.11 Å². The zero-order valence-electron chi connectivity index (χ0n) is 12.1. The van der Waals surface area contributed by atoms with E-state index in [9.17, 15) is 9.59 Å². The van der Waals surface area contributed by atoms with Crippen LogP contribution >= 0.6 is 0 Å². The van der Waals surface area contributed by atoms with Crippen LogP contribution in [0.4, 0.5) is 0 Å². The van der Waals surface area contributed by atoms with Gasteiger partial charge in [0.1, 0.15) is 17.0 Å². The van der Waals surface area contributed by atoms with Crippen molar-refractivity contribution in [3.05, 3.63) is 34.5 Å². The lowest BCUT2D eigenvalue weighted by molar-refractivity contribution is -0.157. The molecule has 0 saturated carbocycles. The van der Waals surface area contributed by atoms with E-state index < -0.39 is 17.4 Å². The maximum atomic E-state index is 11.5. The molecule has 1 aromatic rings. The summed E-state index contributed by atoms with van der Waals surface area (Å²) in [6, 6.07) is 2.93. The third-order valence-electron chi connectivity index (χ3n) is 2.08. The number of azide groups is 1. The van der Waals surface area contributed by atoms with Crippen molar-refractivity contribution in [3.8, 4) is 5.75 Å². The van der Waals surface area contributed by atoms with E-state index in [0.29, 0.717) is 5.75 Å². The molecule has 0 atom stereocenters. The van der Waals surface area contributed by atoms with Crippen molar-refractivity contribution in [1.29, 1.82) is 0 Å². The SMILES string of the molecule is CC(C)(C)OC(=O)COc1ccc(C(=O)CN=[N+]=[N-])nc1. The molecule has 1 heterocycles. The molecule has 0 amide bonds. The predicted octanol–water partition coefficient (Wildman–Crippen LogP) is 2.30. The molecular weight excluding hydrogens is 276 g/mol. The molecule has 0 radical (unpaired) electrons. The van der Waals surface area contributed by atoms with Gasteiger partial charge in [-0.2, -0.15) is 0 Å². The summed E-state index contributed by atoms with van der Waals surface area (Å²) < 4.78 is 10.3. The number of ketones is 1. The first-order chi connectivity index (χ1) is 9.81. The van der Waals surface area contributed by atoms with Gasteiger partial charge in [-0.1, -0.05) is 5.11 Å². The molecule has 112 valence electrons. The average molecular weight is 292 g/mol. The lowest BCUT2D eigenvalue weighted by Crippen LogP contribution is -2.27. The van der Waals surface area contributed by atoms with Gasteiger partial charge in [0.05, 0.1) is 12.7 Å². The molecule has 1 rings (SSSR count). The van der Waals surface area contributed by atoms with E-state index in [-0.39, 0.29) is 18.8 Å². The fraction of sp³-hybridized carbons (Fsp3) is 0.462. The molecule has 0 N–H and O–H groups in total. The van der Waals surface area contributed by atoms with Crippen LogP contribution in [0.25, 0.3) is 10.4 Å². The number of rotatable bonds is 6. The Kier molecular flexibility index (Phi) is 5.68. The standard InChI is InChI=1S/C13H16N4O4/c1-13(2,3)21-12(19)8-20-9-4-5-10(15-6-9)11(18)7-16-17-14/h4-6H,7-8H2,1-3H3. The van der Waals surface area contributed by atoms with Crippen LogP contribution in [0.2, 0.25) is 0 Å². The highest BCUT2D eigenvalue weighted by Gasteiger charge is 2.16. The Morgan fingerprint density at radius 2 is 2.10 bits per heavy atom. The summed E-state index contributed by atoms with van der Waals surface area (Å²) in [6.45, 7) is 4.75. The predicted molar refractivity (Wildman–Crippen MR) is 73.9 cm³/mol. The summed E-state index contributed by atoms with van der Waals surface area (Å²) in [4.78, 5) is 29.3. The van der Waals surface area contributed by atoms with Gasteiger partial charge in [0.2, 0.25) is 0 Å². The van der Waals surface area contributed by atoms with Gasteiger partial charge in [-0.3, -0.25) is 4.79 Å². The maximum absolute atomic E-state index is 11.5. The molecule has 0 aliphatic heterocycles. The Morgan fingerprint density at radius 3 is 2.62 bits per heavy atom. The fourth-order valence-corrected chi connectivity index (χ4v) is 1.32. The van der Waals surface area contributed by atoms with E-state index in [1.54, 1.807) is 20.8 Å². The third-order valence-corrected chi connectivity index (χ3v) is 2.08. The zero-order chi connectivity index (χ0) is 15.9. The number of pyridine rings is 1. The number of nitrogens with zero attached hydrogens (tertiary/aromatic N) is 4. The van der Waals surface area contributed by atoms with Gasteiger partial charge in [0, 0.05) is 4.91 Å². The summed E-state index contributed by atoms with van der Waals surface area (Å²) in [6.07, 6.45) is 1.31. The Balaban J connectivity index is 2.53. The van der Waals surface area contributed by atoms with Crippen LogP contribution in [0.1, 0.15) is 31.3 Å². The summed E-state index contributed by atoms with van der Waals surface area (Å²) in [5, 5.41) is 3.16. The van der Waals surface area contributed by atoms with Crippen molar-refractivity contribution < 1.29 is 19.1 Å². The number of aromatic nitrogens is 1. The summed E-state index contributed by atoms with van der Waals surface area (Å²) in [5.41, 5.74) is 7.72. The van der Waals surface area contributed by atoms with Gasteiger partial charge in [0.25, 0.3) is 0 Å². The second-order valence-electron chi connectivity index (χ2n) is 5.07. The van der Waals surface area contributed by atoms with Crippen LogP contribution in [0.5, 0.6) is 5.75 Å². The zero-order valence-corrected chi connectivity index (χ0v) is 12.1. The van der Waals surface area contributed by atoms with Crippen LogP contribution in [0, 0.1) is 0 Å². The van der Waals surface area contributed by atoms with E-state index in [4.69, 9.17) is 15.0 Å². The van der Waals surface area contributed by atoms with Crippen molar-refractivity contribution in [2.75, 3.05) is 13.2 Å². The lowest BCUT2D eigenvalue weighted by Gasteiger charge is -2.19. The number of Topliss-reactive ketones (excluding diaryl/α,β-unsaturated/α-hetero) is 1. The Hall–Kier alpha value is -2.60. The van der Waals surface area contributed by atoms with Gasteiger partial charge in [-0.15, -0.1) is 0 Å². The molecule has 21 heavy (non-hydrogen) atoms. The van der Waals surface area contributed by atoms with Gasteiger partial charge >= 0.3 is 5.97 Å². The van der Waals surface area contributed by atoms with Crippen molar-refractivity contribution >= 4 is 11.8 Å². The molecule has 0 unspecified atom stereocenters. The largest absolute Gasteiger partial charge is 0.480 e. The van der Waals surface area contributed by atoms with Crippen LogP contribution in [0.15, 0.2) is 23.4 Å². The Labute approximate surface area is 121 Å². The molecule has 0 aliphatic rings. The topological polar surface area (TPSA) is 114 Å². The molecule has 0 saturated heterocycles. The molecule has 0 bridgehead atoms. The summed E-state index contributed by atoms with van der Waals surface area (Å²) >= 11 is 0. The maximum Gasteiger partial charge on any atom is 0.344 e. The van der Waals surface area contributed by atoms with Crippen LogP contribution in [-0.4, -0.2) is 35.5 Å². The highest BCUT2D eigenvalue weighted by atomic mass is 16.6. The number of ether oxygens (including phenoxy) is 2. The molecule has 0 aliphatic carbocycles. The number of carbonyl (C=O) groups excluding carboxylic acids is 2. The quantitative estimate of drug-likeness (QED) is 0.262. The molecule has 0 spiro atoms. The Morgan fingerprint density at radius 1 is 1.38 bits per heavy atom. The second-order valence-corrected chi connectivity index (χ2v) is 5.07. The first-order valence-electron chi connectivity index (χ1n) is 6.16. The second kappa shape index (κ2) is 7.25. The van der Waals surface area contributed by atoms with Gasteiger partial charge in [0.15, 0.2) is 12.4 Å². The molecule has 1 aromatic heterocycles. The molecule has 0 aromatic carbocycles. The van der Waals surface area contributed by atoms with E-state index in [1.165, 1.54) is 18.3 Å². The van der Waals surface area contributed by atoms with Crippen LogP contribution in [-0.2, 0) is 9.53 Å². The number of hydrogen-bond acceptors (Lipinski definition) is 6. The highest BCUT2D eigenvalue weighted by Crippen LogP contribution is 2.11. The van der Waals surface area contributed by atoms with Crippen molar-refractivity contribution in [3.63, 3.8) is 0 Å². The third kappa shape index (κ3) is 6.40. The minimum absolute atomic E-state index is 0.159. The van der Waals surface area contributed by atoms with Crippen LogP contribution in [0.3, 0.4) is 0 Å². The van der Waals surface area contributed by atoms with Crippen molar-refractivity contribution in [2.45, 2.75) is 26.4 Å². The van der Waals surface area contributed by atoms with Crippen LogP contribution < -0.4 is 4.74 Å². The lowest BCUT2D eigenvalue weighted by atomic mass is 10.2. The highest BCUT2D eigenvalue weighted by molar-refractivity contribution is 5.95. The first kappa shape index (κ1) is 16.5. The molecule has 0 fully saturated rings. The fourth-order valence-electron chi connectivity index (χ4n) is 1.32. The van der Waals surface area contributed by atoms with E-state index in [0.717, 1.165) is 0 Å². The van der Waals surface area contributed by atoms with Gasteiger partial charge in [-0.05, 0) is 38.4 Å². The van der Waals surface area contributed by atoms with Gasteiger partial charge in [-0.25, -0.2) is 9.78 Å². The smallest absolute Gasteiger partial charge is 0.344 e. The molecule has 8 heteroatoms. The average Bonchev–Trinajstić information content (AvgIpc) is 2.41. The Bertz CT molecular complexity index is 557. The number of esters is 1. The molecule has 8 nitrogen and oxygen atoms in total. The minimum atomic E-state index is -0.573. The molecular formula is C13H16N4O4.